The third-order valence-electron chi connectivity index (χ3n) is 8.59. The lowest BCUT2D eigenvalue weighted by Gasteiger charge is -2.30. The van der Waals surface area contributed by atoms with Crippen molar-refractivity contribution in [2.45, 2.75) is 123 Å². The van der Waals surface area contributed by atoms with Gasteiger partial charge in [-0.05, 0) is 97.6 Å². The van der Waals surface area contributed by atoms with Gasteiger partial charge in [-0.1, -0.05) is 65.8 Å². The van der Waals surface area contributed by atoms with Gasteiger partial charge in [0.2, 0.25) is 0 Å². The van der Waals surface area contributed by atoms with Gasteiger partial charge in [-0.15, -0.1) is 0 Å². The van der Waals surface area contributed by atoms with Crippen LogP contribution in [0.1, 0.15) is 113 Å². The van der Waals surface area contributed by atoms with Crippen LogP contribution in [-0.2, 0) is 40.6 Å². The molecule has 0 bridgehead atoms. The van der Waals surface area contributed by atoms with Gasteiger partial charge in [0, 0.05) is 5.41 Å². The van der Waals surface area contributed by atoms with Gasteiger partial charge in [0.1, 0.15) is 11.5 Å². The van der Waals surface area contributed by atoms with Gasteiger partial charge in [0.15, 0.2) is 0 Å². The molecule has 2 aliphatic rings. The molecule has 2 unspecified atom stereocenters. The number of aryl methyl sites for hydroxylation is 4. The van der Waals surface area contributed by atoms with E-state index in [4.69, 9.17) is 18.9 Å². The molecule has 39 heavy (non-hydrogen) atoms. The Bertz CT molecular complexity index is 931. The molecule has 0 aromatic heterocycles. The summed E-state index contributed by atoms with van der Waals surface area (Å²) in [6.07, 6.45) is 11.8. The largest absolute Gasteiger partial charge is 0.493 e. The Morgan fingerprint density at radius 3 is 1.23 bits per heavy atom. The Kier molecular flexibility index (Phi) is 10.8. The summed E-state index contributed by atoms with van der Waals surface area (Å²) in [4.78, 5) is 0. The summed E-state index contributed by atoms with van der Waals surface area (Å²) in [7, 11) is 0. The van der Waals surface area contributed by atoms with Gasteiger partial charge in [-0.3, -0.25) is 0 Å². The van der Waals surface area contributed by atoms with Crippen molar-refractivity contribution in [1.29, 1.82) is 0 Å². The topological polar surface area (TPSA) is 43.5 Å². The number of rotatable bonds is 18. The Morgan fingerprint density at radius 1 is 0.615 bits per heavy atom. The average molecular weight is 537 g/mol. The third kappa shape index (κ3) is 8.01. The predicted octanol–water partition coefficient (Wildman–Crippen LogP) is 8.16. The molecular formula is C35H52O4. The molecule has 2 aromatic rings. The SMILES string of the molecule is CCc1cc(C(C)(C)c2cc(CC)c(OCCCCC3CO3)c(CC)c2)cc(CC)c1OCCCCC1CO1. The minimum absolute atomic E-state index is 0.118. The second-order valence-electron chi connectivity index (χ2n) is 11.9. The molecule has 0 aliphatic carbocycles. The molecule has 2 aromatic carbocycles. The highest BCUT2D eigenvalue weighted by molar-refractivity contribution is 5.53. The van der Waals surface area contributed by atoms with E-state index in [1.165, 1.54) is 46.2 Å². The maximum Gasteiger partial charge on any atom is 0.125 e. The van der Waals surface area contributed by atoms with E-state index in [1.54, 1.807) is 0 Å². The number of unbranched alkanes of at least 4 members (excludes halogenated alkanes) is 2. The maximum absolute atomic E-state index is 6.42. The van der Waals surface area contributed by atoms with Gasteiger partial charge in [-0.25, -0.2) is 0 Å². The average Bonchev–Trinajstić information content (AvgIpc) is 3.88. The van der Waals surface area contributed by atoms with Gasteiger partial charge in [0.25, 0.3) is 0 Å². The van der Waals surface area contributed by atoms with E-state index in [1.807, 2.05) is 0 Å². The molecule has 4 heteroatoms. The molecule has 2 atom stereocenters. The molecule has 4 rings (SSSR count). The predicted molar refractivity (Wildman–Crippen MR) is 161 cm³/mol. The Morgan fingerprint density at radius 2 is 0.949 bits per heavy atom. The van der Waals surface area contributed by atoms with E-state index in [0.29, 0.717) is 12.2 Å². The van der Waals surface area contributed by atoms with Crippen LogP contribution in [0.15, 0.2) is 24.3 Å². The van der Waals surface area contributed by atoms with Crippen LogP contribution >= 0.6 is 0 Å². The van der Waals surface area contributed by atoms with Crippen molar-refractivity contribution in [3.8, 4) is 11.5 Å². The number of benzene rings is 2. The van der Waals surface area contributed by atoms with Crippen molar-refractivity contribution < 1.29 is 18.9 Å². The summed E-state index contributed by atoms with van der Waals surface area (Å²) in [5.74, 6) is 2.23. The first kappa shape index (κ1) is 29.9. The van der Waals surface area contributed by atoms with Crippen LogP contribution in [0.2, 0.25) is 0 Å². The second kappa shape index (κ2) is 14.0. The lowest BCUT2D eigenvalue weighted by Crippen LogP contribution is -2.21. The van der Waals surface area contributed by atoms with Gasteiger partial charge in [0.05, 0.1) is 38.6 Å². The van der Waals surface area contributed by atoms with Crippen molar-refractivity contribution in [3.05, 3.63) is 57.6 Å². The molecular weight excluding hydrogens is 484 g/mol. The zero-order chi connectivity index (χ0) is 27.8. The fraction of sp³-hybridized carbons (Fsp3) is 0.657. The van der Waals surface area contributed by atoms with Crippen LogP contribution in [0.5, 0.6) is 11.5 Å². The monoisotopic (exact) mass is 536 g/mol. The minimum Gasteiger partial charge on any atom is -0.493 e. The van der Waals surface area contributed by atoms with Crippen molar-refractivity contribution in [2.24, 2.45) is 0 Å². The molecule has 2 heterocycles. The smallest absolute Gasteiger partial charge is 0.125 e. The van der Waals surface area contributed by atoms with Crippen LogP contribution in [0, 0.1) is 0 Å². The van der Waals surface area contributed by atoms with Gasteiger partial charge >= 0.3 is 0 Å². The first-order valence-corrected chi connectivity index (χ1v) is 15.7. The molecule has 0 spiro atoms. The number of hydrogen-bond donors (Lipinski definition) is 0. The standard InChI is InChI=1S/C35H52O4/c1-7-25-19-29(20-26(8-2)33(25)36-17-13-11-15-31-23-38-31)35(5,6)30-21-27(9-3)34(28(10-4)22-30)37-18-14-12-16-32-24-39-32/h19-22,31-32H,7-18,23-24H2,1-6H3. The normalized spacial score (nSPS) is 18.3. The van der Waals surface area contributed by atoms with E-state index in [2.05, 4.69) is 65.8 Å². The molecule has 2 aliphatic heterocycles. The summed E-state index contributed by atoms with van der Waals surface area (Å²) >= 11 is 0. The summed E-state index contributed by atoms with van der Waals surface area (Å²) in [6.45, 7) is 17.2. The Labute approximate surface area is 237 Å². The molecule has 4 nitrogen and oxygen atoms in total. The van der Waals surface area contributed by atoms with Crippen molar-refractivity contribution in [2.75, 3.05) is 26.4 Å². The van der Waals surface area contributed by atoms with Crippen LogP contribution in [0.4, 0.5) is 0 Å². The summed E-state index contributed by atoms with van der Waals surface area (Å²) in [5.41, 5.74) is 7.92. The van der Waals surface area contributed by atoms with Crippen LogP contribution in [-0.4, -0.2) is 38.6 Å². The second-order valence-corrected chi connectivity index (χ2v) is 11.9. The quantitative estimate of drug-likeness (QED) is 0.142. The van der Waals surface area contributed by atoms with Crippen LogP contribution < -0.4 is 9.47 Å². The van der Waals surface area contributed by atoms with E-state index in [9.17, 15) is 0 Å². The zero-order valence-electron chi connectivity index (χ0n) is 25.5. The van der Waals surface area contributed by atoms with Crippen LogP contribution in [0.25, 0.3) is 0 Å². The van der Waals surface area contributed by atoms with Crippen molar-refractivity contribution in [3.63, 3.8) is 0 Å². The first-order chi connectivity index (χ1) is 18.9. The molecule has 216 valence electrons. The molecule has 0 saturated carbocycles. The van der Waals surface area contributed by atoms with Gasteiger partial charge in [-0.2, -0.15) is 0 Å². The van der Waals surface area contributed by atoms with E-state index in [0.717, 1.165) is 89.3 Å². The molecule has 2 saturated heterocycles. The van der Waals surface area contributed by atoms with E-state index in [-0.39, 0.29) is 5.41 Å². The molecule has 0 amide bonds. The highest BCUT2D eigenvalue weighted by atomic mass is 16.6. The molecule has 0 radical (unpaired) electrons. The summed E-state index contributed by atoms with van der Waals surface area (Å²) in [6, 6.07) is 9.60. The van der Waals surface area contributed by atoms with Gasteiger partial charge < -0.3 is 18.9 Å². The zero-order valence-corrected chi connectivity index (χ0v) is 25.5. The summed E-state index contributed by atoms with van der Waals surface area (Å²) in [5, 5.41) is 0. The lowest BCUT2D eigenvalue weighted by atomic mass is 9.75. The minimum atomic E-state index is -0.118. The number of epoxide rings is 2. The fourth-order valence-electron chi connectivity index (χ4n) is 5.58. The highest BCUT2D eigenvalue weighted by Gasteiger charge is 2.28. The molecule has 0 N–H and O–H groups in total. The van der Waals surface area contributed by atoms with E-state index < -0.39 is 0 Å². The highest BCUT2D eigenvalue weighted by Crippen LogP contribution is 2.40. The first-order valence-electron chi connectivity index (χ1n) is 15.7. The Balaban J connectivity index is 1.51. The number of ether oxygens (including phenoxy) is 4. The fourth-order valence-corrected chi connectivity index (χ4v) is 5.58. The molecule has 2 fully saturated rings. The summed E-state index contributed by atoms with van der Waals surface area (Å²) < 4.78 is 23.5. The van der Waals surface area contributed by atoms with E-state index >= 15 is 0 Å². The maximum atomic E-state index is 6.42. The third-order valence-corrected chi connectivity index (χ3v) is 8.59. The van der Waals surface area contributed by atoms with Crippen molar-refractivity contribution >= 4 is 0 Å². The van der Waals surface area contributed by atoms with Crippen LogP contribution in [0.3, 0.4) is 0 Å². The Hall–Kier alpha value is -2.04. The lowest BCUT2D eigenvalue weighted by molar-refractivity contribution is 0.294. The van der Waals surface area contributed by atoms with Crippen molar-refractivity contribution in [1.82, 2.24) is 0 Å². The number of hydrogen-bond acceptors (Lipinski definition) is 4.